The second-order valence-corrected chi connectivity index (χ2v) is 9.18. The number of nitrogens with zero attached hydrogens (tertiary/aromatic N) is 3. The average molecular weight is 435 g/mol. The highest BCUT2D eigenvalue weighted by Crippen LogP contribution is 2.32. The maximum atomic E-state index is 12.9. The first kappa shape index (κ1) is 18.9. The summed E-state index contributed by atoms with van der Waals surface area (Å²) in [7, 11) is -3.77. The van der Waals surface area contributed by atoms with Crippen LogP contribution < -0.4 is 9.62 Å². The number of benzene rings is 2. The van der Waals surface area contributed by atoms with Gasteiger partial charge in [0.2, 0.25) is 5.13 Å². The van der Waals surface area contributed by atoms with Crippen molar-refractivity contribution in [3.05, 3.63) is 64.4 Å². The van der Waals surface area contributed by atoms with Crippen LogP contribution in [0.3, 0.4) is 0 Å². The Kier molecular flexibility index (Phi) is 4.82. The lowest BCUT2D eigenvalue weighted by atomic mass is 10.1. The first-order chi connectivity index (χ1) is 13.3. The van der Waals surface area contributed by atoms with E-state index in [2.05, 4.69) is 14.1 Å². The number of carbonyl (C=O) groups excluding carboxylic acids is 1. The van der Waals surface area contributed by atoms with E-state index in [1.807, 2.05) is 6.92 Å². The molecule has 4 rings (SSSR count). The van der Waals surface area contributed by atoms with Gasteiger partial charge in [-0.1, -0.05) is 17.7 Å². The fourth-order valence-electron chi connectivity index (χ4n) is 3.03. The van der Waals surface area contributed by atoms with Crippen molar-refractivity contribution in [2.24, 2.45) is 0 Å². The molecule has 1 N–H and O–H groups in total. The van der Waals surface area contributed by atoms with Crippen LogP contribution in [0.15, 0.2) is 47.6 Å². The number of hydrogen-bond donors (Lipinski definition) is 1. The Morgan fingerprint density at radius 3 is 2.79 bits per heavy atom. The molecule has 2 aromatic carbocycles. The highest BCUT2D eigenvalue weighted by molar-refractivity contribution is 7.93. The number of anilines is 2. The lowest BCUT2D eigenvalue weighted by molar-refractivity contribution is 0.0989. The van der Waals surface area contributed by atoms with E-state index in [4.69, 9.17) is 11.6 Å². The van der Waals surface area contributed by atoms with E-state index in [9.17, 15) is 13.2 Å². The van der Waals surface area contributed by atoms with Gasteiger partial charge in [-0.25, -0.2) is 13.4 Å². The number of halogens is 1. The number of sulfonamides is 1. The van der Waals surface area contributed by atoms with E-state index in [0.717, 1.165) is 22.7 Å². The van der Waals surface area contributed by atoms with E-state index in [1.54, 1.807) is 35.2 Å². The predicted octanol–water partition coefficient (Wildman–Crippen LogP) is 3.50. The van der Waals surface area contributed by atoms with Gasteiger partial charge in [-0.05, 0) is 54.8 Å². The molecule has 1 aliphatic heterocycles. The van der Waals surface area contributed by atoms with Crippen molar-refractivity contribution in [2.45, 2.75) is 18.2 Å². The molecule has 7 nitrogen and oxygen atoms in total. The quantitative estimate of drug-likeness (QED) is 0.678. The summed E-state index contributed by atoms with van der Waals surface area (Å²) in [5, 5.41) is 0.739. The molecule has 0 fully saturated rings. The van der Waals surface area contributed by atoms with Crippen LogP contribution in [0, 0.1) is 6.92 Å². The Labute approximate surface area is 171 Å². The maximum Gasteiger partial charge on any atom is 0.263 e. The standard InChI is InChI=1S/C18H15ClN4O3S2/c1-11-2-3-13(9-15(11)19)17(24)23-7-6-12-8-14(4-5-16(12)23)28(25,26)22-18-20-10-21-27-18/h2-5,8-10H,6-7H2,1H3,(H,20,21,22). The zero-order chi connectivity index (χ0) is 19.9. The maximum absolute atomic E-state index is 12.9. The summed E-state index contributed by atoms with van der Waals surface area (Å²) in [6, 6.07) is 9.93. The number of nitrogens with one attached hydrogen (secondary N) is 1. The molecule has 1 amide bonds. The fourth-order valence-corrected chi connectivity index (χ4v) is 4.92. The number of amides is 1. The molecule has 1 aliphatic rings. The van der Waals surface area contributed by atoms with Crippen LogP contribution >= 0.6 is 23.1 Å². The van der Waals surface area contributed by atoms with Gasteiger partial charge in [0.05, 0.1) is 4.90 Å². The third-order valence-electron chi connectivity index (χ3n) is 4.50. The third kappa shape index (κ3) is 3.48. The molecule has 3 aromatic rings. The number of aromatic nitrogens is 2. The van der Waals surface area contributed by atoms with E-state index < -0.39 is 10.0 Å². The normalized spacial score (nSPS) is 13.4. The van der Waals surface area contributed by atoms with Crippen molar-refractivity contribution in [1.29, 1.82) is 0 Å². The van der Waals surface area contributed by atoms with Crippen LogP contribution in [0.25, 0.3) is 0 Å². The monoisotopic (exact) mass is 434 g/mol. The van der Waals surface area contributed by atoms with Crippen molar-refractivity contribution < 1.29 is 13.2 Å². The minimum Gasteiger partial charge on any atom is -0.308 e. The van der Waals surface area contributed by atoms with Gasteiger partial charge < -0.3 is 4.90 Å². The topological polar surface area (TPSA) is 92.3 Å². The highest BCUT2D eigenvalue weighted by atomic mass is 35.5. The summed E-state index contributed by atoms with van der Waals surface area (Å²) in [5.41, 5.74) is 2.90. The van der Waals surface area contributed by atoms with Crippen molar-refractivity contribution in [3.8, 4) is 0 Å². The van der Waals surface area contributed by atoms with Gasteiger partial charge in [0.1, 0.15) is 6.33 Å². The van der Waals surface area contributed by atoms with Crippen molar-refractivity contribution in [3.63, 3.8) is 0 Å². The number of aryl methyl sites for hydroxylation is 1. The second kappa shape index (κ2) is 7.16. The Hall–Kier alpha value is -2.49. The van der Waals surface area contributed by atoms with E-state index in [1.165, 1.54) is 12.4 Å². The molecular weight excluding hydrogens is 420 g/mol. The largest absolute Gasteiger partial charge is 0.308 e. The molecule has 0 atom stereocenters. The van der Waals surface area contributed by atoms with Crippen LogP contribution in [0.5, 0.6) is 0 Å². The van der Waals surface area contributed by atoms with Crippen molar-refractivity contribution >= 4 is 49.9 Å². The second-order valence-electron chi connectivity index (χ2n) is 6.31. The van der Waals surface area contributed by atoms with Gasteiger partial charge in [-0.3, -0.25) is 9.52 Å². The molecule has 0 saturated heterocycles. The van der Waals surface area contributed by atoms with Gasteiger partial charge >= 0.3 is 0 Å². The van der Waals surface area contributed by atoms with E-state index >= 15 is 0 Å². The lowest BCUT2D eigenvalue weighted by Crippen LogP contribution is -2.28. The molecule has 0 unspecified atom stereocenters. The molecule has 0 spiro atoms. The molecule has 2 heterocycles. The molecule has 0 radical (unpaired) electrons. The minimum atomic E-state index is -3.77. The molecular formula is C18H15ClN4O3S2. The summed E-state index contributed by atoms with van der Waals surface area (Å²) < 4.78 is 31.3. The number of carbonyl (C=O) groups is 1. The SMILES string of the molecule is Cc1ccc(C(=O)N2CCc3cc(S(=O)(=O)Nc4ncns4)ccc32)cc1Cl. The predicted molar refractivity (Wildman–Crippen MR) is 109 cm³/mol. The minimum absolute atomic E-state index is 0.120. The van der Waals surface area contributed by atoms with E-state index in [0.29, 0.717) is 29.2 Å². The first-order valence-electron chi connectivity index (χ1n) is 8.35. The fraction of sp³-hybridized carbons (Fsp3) is 0.167. The van der Waals surface area contributed by atoms with Gasteiger partial charge in [0.15, 0.2) is 0 Å². The van der Waals surface area contributed by atoms with Crippen LogP contribution in [0.4, 0.5) is 10.8 Å². The van der Waals surface area contributed by atoms with Crippen LogP contribution in [-0.2, 0) is 16.4 Å². The molecule has 0 saturated carbocycles. The summed E-state index contributed by atoms with van der Waals surface area (Å²) in [4.78, 5) is 18.5. The van der Waals surface area contributed by atoms with Crippen LogP contribution in [-0.4, -0.2) is 30.2 Å². The number of hydrogen-bond acceptors (Lipinski definition) is 6. The number of fused-ring (bicyclic) bond motifs is 1. The summed E-state index contributed by atoms with van der Waals surface area (Å²) >= 11 is 7.10. The molecule has 28 heavy (non-hydrogen) atoms. The van der Waals surface area contributed by atoms with E-state index in [-0.39, 0.29) is 15.9 Å². The lowest BCUT2D eigenvalue weighted by Gasteiger charge is -2.18. The van der Waals surface area contributed by atoms with Gasteiger partial charge in [0.25, 0.3) is 15.9 Å². The Balaban J connectivity index is 1.61. The van der Waals surface area contributed by atoms with Gasteiger partial charge in [0, 0.05) is 34.4 Å². The Bertz CT molecular complexity index is 1160. The smallest absolute Gasteiger partial charge is 0.263 e. The summed E-state index contributed by atoms with van der Waals surface area (Å²) in [6.45, 7) is 2.35. The molecule has 10 heteroatoms. The molecule has 0 aliphatic carbocycles. The zero-order valence-corrected chi connectivity index (χ0v) is 17.1. The first-order valence-corrected chi connectivity index (χ1v) is 11.0. The summed E-state index contributed by atoms with van der Waals surface area (Å²) in [5.74, 6) is -0.164. The van der Waals surface area contributed by atoms with Gasteiger partial charge in [-0.15, -0.1) is 0 Å². The van der Waals surface area contributed by atoms with Crippen LogP contribution in [0.1, 0.15) is 21.5 Å². The Morgan fingerprint density at radius 2 is 2.07 bits per heavy atom. The molecule has 144 valence electrons. The average Bonchev–Trinajstić information content (AvgIpc) is 3.32. The third-order valence-corrected chi connectivity index (χ3v) is 6.96. The van der Waals surface area contributed by atoms with Gasteiger partial charge in [-0.2, -0.15) is 4.37 Å². The van der Waals surface area contributed by atoms with Crippen molar-refractivity contribution in [2.75, 3.05) is 16.2 Å². The number of rotatable bonds is 4. The molecule has 0 bridgehead atoms. The summed E-state index contributed by atoms with van der Waals surface area (Å²) in [6.07, 6.45) is 1.86. The van der Waals surface area contributed by atoms with Crippen molar-refractivity contribution in [1.82, 2.24) is 9.36 Å². The Morgan fingerprint density at radius 1 is 1.25 bits per heavy atom. The molecule has 1 aromatic heterocycles. The highest BCUT2D eigenvalue weighted by Gasteiger charge is 2.28. The van der Waals surface area contributed by atoms with Crippen LogP contribution in [0.2, 0.25) is 5.02 Å². The zero-order valence-electron chi connectivity index (χ0n) is 14.7.